The lowest BCUT2D eigenvalue weighted by Gasteiger charge is -2.24. The molecule has 0 aliphatic carbocycles. The van der Waals surface area contributed by atoms with E-state index in [1.807, 2.05) is 6.08 Å². The Morgan fingerprint density at radius 2 is 0.947 bits per heavy atom. The summed E-state index contributed by atoms with van der Waals surface area (Å²) in [5, 5.41) is 23.7. The first-order chi connectivity index (χ1) is 28.0. The summed E-state index contributed by atoms with van der Waals surface area (Å²) in [5.74, 6) is -0.595. The highest BCUT2D eigenvalue weighted by Crippen LogP contribution is 2.16. The molecule has 0 aromatic carbocycles. The van der Waals surface area contributed by atoms with Gasteiger partial charge in [-0.2, -0.15) is 0 Å². The molecule has 57 heavy (non-hydrogen) atoms. The van der Waals surface area contributed by atoms with Gasteiger partial charge in [-0.15, -0.1) is 0 Å². The zero-order chi connectivity index (χ0) is 41.7. The molecule has 0 saturated carbocycles. The third-order valence-corrected chi connectivity index (χ3v) is 10.6. The van der Waals surface area contributed by atoms with E-state index in [9.17, 15) is 19.8 Å². The van der Waals surface area contributed by atoms with Crippen LogP contribution in [0.25, 0.3) is 0 Å². The van der Waals surface area contributed by atoms with Crippen molar-refractivity contribution in [3.63, 3.8) is 0 Å². The standard InChI is InChI=1S/C51H91NO5/c1-4-7-10-13-16-19-22-25-28-31-34-37-40-43-49(54)48(46-53)52-50(55)45-47(42-39-36-33-30-27-24-21-18-15-12-9-6-3)57-51(56)44-41-38-35-32-29-26-23-20-17-14-11-8-5-2/h9,12,18,21,26-27,29-30,35,38,47-49,53-54H,4-8,10-11,13-17,19-20,22-25,28,31-34,36-37,39-46H2,1-3H3,(H,52,55)/b12-9+,21-18+,29-26-,30-27+,38-35+. The monoisotopic (exact) mass is 798 g/mol. The van der Waals surface area contributed by atoms with Gasteiger partial charge in [-0.1, -0.05) is 197 Å². The average Bonchev–Trinajstić information content (AvgIpc) is 3.20. The highest BCUT2D eigenvalue weighted by Gasteiger charge is 2.24. The van der Waals surface area contributed by atoms with Gasteiger partial charge in [0.25, 0.3) is 0 Å². The summed E-state index contributed by atoms with van der Waals surface area (Å²) in [5.41, 5.74) is 0. The maximum absolute atomic E-state index is 13.1. The molecule has 0 spiro atoms. The molecular formula is C51H91NO5. The lowest BCUT2D eigenvalue weighted by atomic mass is 10.0. The minimum atomic E-state index is -0.806. The quantitative estimate of drug-likeness (QED) is 0.0325. The molecular weight excluding hydrogens is 707 g/mol. The zero-order valence-electron chi connectivity index (χ0n) is 37.5. The molecule has 3 N–H and O–H groups in total. The van der Waals surface area contributed by atoms with E-state index in [1.165, 1.54) is 103 Å². The van der Waals surface area contributed by atoms with Crippen LogP contribution in [0.5, 0.6) is 0 Å². The predicted molar refractivity (Wildman–Crippen MR) is 245 cm³/mol. The molecule has 0 aliphatic rings. The van der Waals surface area contributed by atoms with Crippen molar-refractivity contribution >= 4 is 11.9 Å². The van der Waals surface area contributed by atoms with E-state index in [-0.39, 0.29) is 31.3 Å². The number of carbonyl (C=O) groups is 2. The molecule has 0 saturated heterocycles. The summed E-state index contributed by atoms with van der Waals surface area (Å²) in [6.45, 7) is 6.32. The Morgan fingerprint density at radius 3 is 1.46 bits per heavy atom. The molecule has 0 radical (unpaired) electrons. The summed E-state index contributed by atoms with van der Waals surface area (Å²) in [6, 6.07) is -0.724. The Bertz CT molecular complexity index is 1030. The lowest BCUT2D eigenvalue weighted by Crippen LogP contribution is -2.46. The third-order valence-electron chi connectivity index (χ3n) is 10.6. The van der Waals surface area contributed by atoms with Crippen molar-refractivity contribution in [1.29, 1.82) is 0 Å². The fourth-order valence-corrected chi connectivity index (χ4v) is 6.97. The maximum atomic E-state index is 13.1. The lowest BCUT2D eigenvalue weighted by molar-refractivity contribution is -0.150. The van der Waals surface area contributed by atoms with Crippen LogP contribution in [-0.4, -0.2) is 46.9 Å². The van der Waals surface area contributed by atoms with Crippen molar-refractivity contribution in [1.82, 2.24) is 5.32 Å². The molecule has 3 atom stereocenters. The SMILES string of the molecule is CC/C=C/C/C=C/C/C=C/CCCCC(CC(=O)NC(CO)C(O)CCCCCCCCCCCCCCC)OC(=O)CC/C=C/C/C=C\CCCCCCCC. The second kappa shape index (κ2) is 44.7. The summed E-state index contributed by atoms with van der Waals surface area (Å²) in [7, 11) is 0. The molecule has 0 heterocycles. The van der Waals surface area contributed by atoms with Crippen LogP contribution in [-0.2, 0) is 14.3 Å². The van der Waals surface area contributed by atoms with Gasteiger partial charge in [0, 0.05) is 6.42 Å². The first kappa shape index (κ1) is 54.6. The number of hydrogen-bond donors (Lipinski definition) is 3. The number of allylic oxidation sites excluding steroid dienone is 10. The van der Waals surface area contributed by atoms with Gasteiger partial charge in [0.15, 0.2) is 0 Å². The van der Waals surface area contributed by atoms with Crippen LogP contribution >= 0.6 is 0 Å². The van der Waals surface area contributed by atoms with Crippen LogP contribution in [0.1, 0.15) is 226 Å². The Kier molecular flexibility index (Phi) is 42.7. The van der Waals surface area contributed by atoms with Gasteiger partial charge in [-0.25, -0.2) is 0 Å². The van der Waals surface area contributed by atoms with E-state index in [4.69, 9.17) is 4.74 Å². The normalized spacial score (nSPS) is 13.8. The van der Waals surface area contributed by atoms with Gasteiger partial charge in [-0.05, 0) is 77.0 Å². The molecule has 6 nitrogen and oxygen atoms in total. The van der Waals surface area contributed by atoms with Gasteiger partial charge in [0.1, 0.15) is 6.10 Å². The fourth-order valence-electron chi connectivity index (χ4n) is 6.97. The summed E-state index contributed by atoms with van der Waals surface area (Å²) in [6.07, 6.45) is 54.3. The van der Waals surface area contributed by atoms with Gasteiger partial charge in [0.2, 0.25) is 5.91 Å². The van der Waals surface area contributed by atoms with E-state index in [1.54, 1.807) is 0 Å². The molecule has 1 amide bonds. The van der Waals surface area contributed by atoms with Crippen molar-refractivity contribution in [3.8, 4) is 0 Å². The van der Waals surface area contributed by atoms with Crippen LogP contribution in [0.4, 0.5) is 0 Å². The Hall–Kier alpha value is -2.44. The van der Waals surface area contributed by atoms with Crippen molar-refractivity contribution in [3.05, 3.63) is 60.8 Å². The Balaban J connectivity index is 4.69. The predicted octanol–water partition coefficient (Wildman–Crippen LogP) is 14.1. The Morgan fingerprint density at radius 1 is 0.526 bits per heavy atom. The molecule has 0 aromatic heterocycles. The molecule has 0 fully saturated rings. The second-order valence-electron chi connectivity index (χ2n) is 16.1. The van der Waals surface area contributed by atoms with Crippen LogP contribution in [0.3, 0.4) is 0 Å². The van der Waals surface area contributed by atoms with Gasteiger partial charge in [-0.3, -0.25) is 9.59 Å². The average molecular weight is 798 g/mol. The summed E-state index contributed by atoms with van der Waals surface area (Å²) in [4.78, 5) is 26.0. The number of aliphatic hydroxyl groups is 2. The smallest absolute Gasteiger partial charge is 0.306 e. The number of unbranched alkanes of at least 4 members (excludes halogenated alkanes) is 20. The number of aliphatic hydroxyl groups excluding tert-OH is 2. The highest BCUT2D eigenvalue weighted by atomic mass is 16.5. The minimum absolute atomic E-state index is 0.0278. The van der Waals surface area contributed by atoms with E-state index < -0.39 is 18.2 Å². The first-order valence-corrected chi connectivity index (χ1v) is 24.0. The number of hydrogen-bond acceptors (Lipinski definition) is 5. The van der Waals surface area contributed by atoms with Crippen LogP contribution in [0.15, 0.2) is 60.8 Å². The number of nitrogens with one attached hydrogen (secondary N) is 1. The highest BCUT2D eigenvalue weighted by molar-refractivity contribution is 5.77. The topological polar surface area (TPSA) is 95.9 Å². The van der Waals surface area contributed by atoms with Crippen LogP contribution in [0, 0.1) is 0 Å². The molecule has 6 heteroatoms. The van der Waals surface area contributed by atoms with Crippen LogP contribution in [0.2, 0.25) is 0 Å². The fraction of sp³-hybridized carbons (Fsp3) is 0.765. The molecule has 0 bridgehead atoms. The largest absolute Gasteiger partial charge is 0.462 e. The van der Waals surface area contributed by atoms with Gasteiger partial charge < -0.3 is 20.3 Å². The van der Waals surface area contributed by atoms with E-state index in [0.717, 1.165) is 70.6 Å². The van der Waals surface area contributed by atoms with Gasteiger partial charge >= 0.3 is 5.97 Å². The molecule has 0 aromatic rings. The van der Waals surface area contributed by atoms with Crippen molar-refractivity contribution in [2.75, 3.05) is 6.61 Å². The van der Waals surface area contributed by atoms with Crippen molar-refractivity contribution in [2.45, 2.75) is 244 Å². The number of rotatable bonds is 42. The number of carbonyl (C=O) groups excluding carboxylic acids is 2. The number of esters is 1. The second-order valence-corrected chi connectivity index (χ2v) is 16.1. The summed E-state index contributed by atoms with van der Waals surface area (Å²) < 4.78 is 5.85. The zero-order valence-corrected chi connectivity index (χ0v) is 37.5. The molecule has 330 valence electrons. The van der Waals surface area contributed by atoms with E-state index in [0.29, 0.717) is 19.3 Å². The minimum Gasteiger partial charge on any atom is -0.462 e. The van der Waals surface area contributed by atoms with Gasteiger partial charge in [0.05, 0.1) is 25.2 Å². The van der Waals surface area contributed by atoms with E-state index >= 15 is 0 Å². The van der Waals surface area contributed by atoms with E-state index in [2.05, 4.69) is 80.8 Å². The van der Waals surface area contributed by atoms with Crippen molar-refractivity contribution < 1.29 is 24.5 Å². The molecule has 0 aliphatic heterocycles. The molecule has 3 unspecified atom stereocenters. The third kappa shape index (κ3) is 40.1. The van der Waals surface area contributed by atoms with Crippen LogP contribution < -0.4 is 5.32 Å². The molecule has 0 rings (SSSR count). The maximum Gasteiger partial charge on any atom is 0.306 e. The Labute approximate surface area is 352 Å². The number of amides is 1. The first-order valence-electron chi connectivity index (χ1n) is 24.0. The number of ether oxygens (including phenoxy) is 1. The van der Waals surface area contributed by atoms with Crippen molar-refractivity contribution in [2.24, 2.45) is 0 Å². The summed E-state index contributed by atoms with van der Waals surface area (Å²) >= 11 is 0.